The van der Waals surface area contributed by atoms with E-state index in [4.69, 9.17) is 4.98 Å². The van der Waals surface area contributed by atoms with Gasteiger partial charge in [-0.3, -0.25) is 14.8 Å². The first-order valence-corrected chi connectivity index (χ1v) is 12.7. The van der Waals surface area contributed by atoms with E-state index in [9.17, 15) is 4.79 Å². The van der Waals surface area contributed by atoms with Gasteiger partial charge in [0, 0.05) is 34.4 Å². The van der Waals surface area contributed by atoms with Gasteiger partial charge in [-0.05, 0) is 81.9 Å². The molecule has 2 aromatic heterocycles. The fraction of sp³-hybridized carbons (Fsp3) is 0.333. The molecule has 184 valence electrons. The third-order valence-electron chi connectivity index (χ3n) is 6.89. The maximum Gasteiger partial charge on any atom is 0.168 e. The summed E-state index contributed by atoms with van der Waals surface area (Å²) in [6, 6.07) is 16.7. The van der Waals surface area contributed by atoms with Crippen LogP contribution in [0.2, 0.25) is 0 Å². The first-order chi connectivity index (χ1) is 17.4. The van der Waals surface area contributed by atoms with Gasteiger partial charge in [0.1, 0.15) is 5.82 Å². The van der Waals surface area contributed by atoms with Gasteiger partial charge in [-0.1, -0.05) is 30.3 Å². The molecule has 4 aromatic rings. The van der Waals surface area contributed by atoms with E-state index in [1.165, 1.54) is 5.56 Å². The number of anilines is 1. The molecule has 0 spiro atoms. The van der Waals surface area contributed by atoms with E-state index in [0.29, 0.717) is 5.92 Å². The van der Waals surface area contributed by atoms with Gasteiger partial charge in [0.05, 0.1) is 24.5 Å². The molecule has 6 nitrogen and oxygen atoms in total. The van der Waals surface area contributed by atoms with Crippen LogP contribution in [0.4, 0.5) is 5.82 Å². The maximum absolute atomic E-state index is 13.2. The zero-order valence-electron chi connectivity index (χ0n) is 21.2. The molecule has 1 aliphatic heterocycles. The highest BCUT2D eigenvalue weighted by Crippen LogP contribution is 2.28. The summed E-state index contributed by atoms with van der Waals surface area (Å²) in [5, 5.41) is 5.37. The van der Waals surface area contributed by atoms with Gasteiger partial charge in [0.2, 0.25) is 0 Å². The molecule has 1 aliphatic rings. The van der Waals surface area contributed by atoms with Crippen molar-refractivity contribution < 1.29 is 4.79 Å². The minimum absolute atomic E-state index is 0.103. The van der Waals surface area contributed by atoms with E-state index in [1.54, 1.807) is 12.4 Å². The smallest absolute Gasteiger partial charge is 0.168 e. The molecule has 1 N–H and O–H groups in total. The second-order valence-electron chi connectivity index (χ2n) is 10.1. The largest absolute Gasteiger partial charge is 0.367 e. The number of carbonyl (C=O) groups is 1. The number of hydrogen-bond acceptors (Lipinski definition) is 6. The Morgan fingerprint density at radius 1 is 1.03 bits per heavy atom. The number of nitrogens with zero attached hydrogens (tertiary/aromatic N) is 4. The van der Waals surface area contributed by atoms with Crippen LogP contribution in [0.25, 0.3) is 22.0 Å². The van der Waals surface area contributed by atoms with E-state index in [1.807, 2.05) is 36.5 Å². The number of likely N-dealkylation sites (tertiary alicyclic amines) is 1. The molecule has 2 aromatic carbocycles. The SMILES string of the molecule is CC(C)Nc1cncc(-c2ccc3cnc(CC(=O)c4cccc(C5CCN(C)CC5)c4)cc3c2)n1. The van der Waals surface area contributed by atoms with Crippen molar-refractivity contribution in [2.75, 3.05) is 25.5 Å². The number of benzene rings is 2. The Bertz CT molecular complexity index is 1370. The van der Waals surface area contributed by atoms with Gasteiger partial charge < -0.3 is 10.2 Å². The van der Waals surface area contributed by atoms with Gasteiger partial charge in [-0.25, -0.2) is 4.98 Å². The van der Waals surface area contributed by atoms with E-state index in [2.05, 4.69) is 59.3 Å². The van der Waals surface area contributed by atoms with Gasteiger partial charge in [0.15, 0.2) is 5.78 Å². The first kappa shape index (κ1) is 24.1. The number of ketones is 1. The standard InChI is InChI=1S/C30H33N5O/c1-20(2)33-30-19-31-18-28(34-30)23-7-8-25-17-32-27(15-26(25)14-23)16-29(36)24-6-4-5-22(13-24)21-9-11-35(3)12-10-21/h4-8,13-15,17-21H,9-12,16H2,1-3H3,(H,33,34). The van der Waals surface area contributed by atoms with Crippen molar-refractivity contribution >= 4 is 22.4 Å². The molecular formula is C30H33N5O. The van der Waals surface area contributed by atoms with Gasteiger partial charge in [-0.15, -0.1) is 0 Å². The lowest BCUT2D eigenvalue weighted by molar-refractivity contribution is 0.0992. The third-order valence-corrected chi connectivity index (χ3v) is 6.89. The molecule has 0 radical (unpaired) electrons. The molecule has 36 heavy (non-hydrogen) atoms. The van der Waals surface area contributed by atoms with Crippen LogP contribution in [0.15, 0.2) is 67.1 Å². The van der Waals surface area contributed by atoms with Crippen LogP contribution in [-0.2, 0) is 6.42 Å². The molecule has 0 saturated carbocycles. The minimum Gasteiger partial charge on any atom is -0.367 e. The summed E-state index contributed by atoms with van der Waals surface area (Å²) < 4.78 is 0. The van der Waals surface area contributed by atoms with Crippen molar-refractivity contribution in [1.82, 2.24) is 19.9 Å². The van der Waals surface area contributed by atoms with Crippen molar-refractivity contribution in [1.29, 1.82) is 0 Å². The van der Waals surface area contributed by atoms with Gasteiger partial charge >= 0.3 is 0 Å². The summed E-state index contributed by atoms with van der Waals surface area (Å²) in [5.41, 5.74) is 4.61. The van der Waals surface area contributed by atoms with Crippen LogP contribution in [0, 0.1) is 0 Å². The highest BCUT2D eigenvalue weighted by Gasteiger charge is 2.19. The number of piperidine rings is 1. The lowest BCUT2D eigenvalue weighted by Gasteiger charge is -2.29. The Balaban J connectivity index is 1.35. The lowest BCUT2D eigenvalue weighted by Crippen LogP contribution is -2.29. The normalized spacial score (nSPS) is 14.9. The fourth-order valence-corrected chi connectivity index (χ4v) is 4.89. The van der Waals surface area contributed by atoms with E-state index in [-0.39, 0.29) is 18.2 Å². The summed E-state index contributed by atoms with van der Waals surface area (Å²) in [5.74, 6) is 1.39. The predicted molar refractivity (Wildman–Crippen MR) is 145 cm³/mol. The molecule has 0 unspecified atom stereocenters. The summed E-state index contributed by atoms with van der Waals surface area (Å²) in [7, 11) is 2.17. The molecule has 0 amide bonds. The summed E-state index contributed by atoms with van der Waals surface area (Å²) in [6.07, 6.45) is 7.92. The highest BCUT2D eigenvalue weighted by atomic mass is 16.1. The first-order valence-electron chi connectivity index (χ1n) is 12.7. The summed E-state index contributed by atoms with van der Waals surface area (Å²) in [4.78, 5) is 29.2. The molecular weight excluding hydrogens is 446 g/mol. The van der Waals surface area contributed by atoms with Crippen LogP contribution >= 0.6 is 0 Å². The number of pyridine rings is 1. The summed E-state index contributed by atoms with van der Waals surface area (Å²) in [6.45, 7) is 6.36. The van der Waals surface area contributed by atoms with Crippen molar-refractivity contribution in [2.45, 2.75) is 45.1 Å². The number of fused-ring (bicyclic) bond motifs is 1. The molecule has 5 rings (SSSR count). The zero-order chi connectivity index (χ0) is 25.1. The van der Waals surface area contributed by atoms with Crippen molar-refractivity contribution in [3.63, 3.8) is 0 Å². The Hall–Kier alpha value is -3.64. The average Bonchev–Trinajstić information content (AvgIpc) is 2.88. The molecule has 1 fully saturated rings. The Kier molecular flexibility index (Phi) is 7.05. The van der Waals surface area contributed by atoms with Gasteiger partial charge in [-0.2, -0.15) is 0 Å². The number of aromatic nitrogens is 3. The van der Waals surface area contributed by atoms with Crippen molar-refractivity contribution in [3.05, 3.63) is 83.9 Å². The molecule has 0 bridgehead atoms. The monoisotopic (exact) mass is 479 g/mol. The quantitative estimate of drug-likeness (QED) is 0.341. The zero-order valence-corrected chi connectivity index (χ0v) is 21.2. The number of nitrogens with one attached hydrogen (secondary N) is 1. The predicted octanol–water partition coefficient (Wildman–Crippen LogP) is 5.75. The topological polar surface area (TPSA) is 71.0 Å². The molecule has 0 aliphatic carbocycles. The van der Waals surface area contributed by atoms with Crippen molar-refractivity contribution in [3.8, 4) is 11.3 Å². The van der Waals surface area contributed by atoms with E-state index < -0.39 is 0 Å². The lowest BCUT2D eigenvalue weighted by atomic mass is 9.88. The van der Waals surface area contributed by atoms with Crippen LogP contribution in [0.3, 0.4) is 0 Å². The van der Waals surface area contributed by atoms with Crippen LogP contribution in [0.1, 0.15) is 54.2 Å². The van der Waals surface area contributed by atoms with Crippen LogP contribution in [-0.4, -0.2) is 51.8 Å². The third kappa shape index (κ3) is 5.60. The fourth-order valence-electron chi connectivity index (χ4n) is 4.89. The van der Waals surface area contributed by atoms with Crippen LogP contribution in [0.5, 0.6) is 0 Å². The number of rotatable bonds is 7. The second kappa shape index (κ2) is 10.5. The molecule has 6 heteroatoms. The van der Waals surface area contributed by atoms with Gasteiger partial charge in [0.25, 0.3) is 0 Å². The van der Waals surface area contributed by atoms with Crippen molar-refractivity contribution in [2.24, 2.45) is 0 Å². The van der Waals surface area contributed by atoms with E-state index >= 15 is 0 Å². The molecule has 0 atom stereocenters. The van der Waals surface area contributed by atoms with Crippen LogP contribution < -0.4 is 5.32 Å². The average molecular weight is 480 g/mol. The van der Waals surface area contributed by atoms with E-state index in [0.717, 1.165) is 65.0 Å². The summed E-state index contributed by atoms with van der Waals surface area (Å²) >= 11 is 0. The Morgan fingerprint density at radius 3 is 2.67 bits per heavy atom. The molecule has 1 saturated heterocycles. The minimum atomic E-state index is 0.103. The number of Topliss-reactive ketones (excluding diaryl/α,β-unsaturated/α-hetero) is 1. The second-order valence-corrected chi connectivity index (χ2v) is 10.1. The Morgan fingerprint density at radius 2 is 1.86 bits per heavy atom. The molecule has 3 heterocycles. The maximum atomic E-state index is 13.2. The number of hydrogen-bond donors (Lipinski definition) is 1. The Labute approximate surface area is 212 Å². The highest BCUT2D eigenvalue weighted by molar-refractivity contribution is 5.98. The number of carbonyl (C=O) groups excluding carboxylic acids is 1.